The minimum Gasteiger partial charge on any atom is -0.476 e. The SMILES string of the molecule is C[C@@H](O)[C@H]1C(=O)N(C(C(=O)O)=C(Oc2ccc(C(=S)c3c(F)c(F)c(F)c(F)c3F)cc2)SC(=O)C(C)(C)C)[C@H]1Cl. The number of nitrogens with zero attached hydrogens (tertiary/aromatic N) is 1. The van der Waals surface area contributed by atoms with Gasteiger partial charge in [-0.15, -0.1) is 0 Å². The van der Waals surface area contributed by atoms with E-state index >= 15 is 0 Å². The molecule has 41 heavy (non-hydrogen) atoms. The molecule has 2 aromatic rings. The summed E-state index contributed by atoms with van der Waals surface area (Å²) in [5.41, 5.74) is -4.53. The van der Waals surface area contributed by atoms with Crippen molar-refractivity contribution in [2.75, 3.05) is 0 Å². The molecule has 220 valence electrons. The molecule has 2 N–H and O–H groups in total. The lowest BCUT2D eigenvalue weighted by atomic mass is 9.92. The predicted molar refractivity (Wildman–Crippen MR) is 142 cm³/mol. The molecule has 1 saturated heterocycles. The van der Waals surface area contributed by atoms with Crippen LogP contribution in [0.3, 0.4) is 0 Å². The third-order valence-electron chi connectivity index (χ3n) is 5.78. The minimum atomic E-state index is -2.34. The van der Waals surface area contributed by atoms with Crippen molar-refractivity contribution in [3.05, 3.63) is 75.3 Å². The Balaban J connectivity index is 2.03. The molecule has 1 aliphatic heterocycles. The van der Waals surface area contributed by atoms with E-state index < -0.39 is 90.2 Å². The highest BCUT2D eigenvalue weighted by molar-refractivity contribution is 8.16. The Morgan fingerprint density at radius 3 is 1.93 bits per heavy atom. The van der Waals surface area contributed by atoms with Gasteiger partial charge in [0.15, 0.2) is 34.1 Å². The van der Waals surface area contributed by atoms with E-state index in [2.05, 4.69) is 0 Å². The maximum absolute atomic E-state index is 14.2. The zero-order valence-corrected chi connectivity index (χ0v) is 24.0. The van der Waals surface area contributed by atoms with Crippen LogP contribution < -0.4 is 4.74 Å². The molecular formula is C26H21ClF5NO6S2. The number of β-lactam (4-membered cyclic amide) rings is 1. The number of carbonyl (C=O) groups excluding carboxylic acids is 2. The molecule has 1 amide bonds. The van der Waals surface area contributed by atoms with Crippen molar-refractivity contribution in [1.82, 2.24) is 4.90 Å². The largest absolute Gasteiger partial charge is 0.476 e. The van der Waals surface area contributed by atoms with Crippen LogP contribution in [0, 0.1) is 40.4 Å². The number of hydrogen-bond donors (Lipinski definition) is 2. The van der Waals surface area contributed by atoms with E-state index in [0.29, 0.717) is 16.7 Å². The highest BCUT2D eigenvalue weighted by Crippen LogP contribution is 2.40. The van der Waals surface area contributed by atoms with Crippen LogP contribution in [0.25, 0.3) is 0 Å². The Hall–Kier alpha value is -3.07. The predicted octanol–water partition coefficient (Wildman–Crippen LogP) is 5.49. The van der Waals surface area contributed by atoms with Crippen LogP contribution in [0.2, 0.25) is 0 Å². The Kier molecular flexibility index (Phi) is 9.53. The first-order valence-corrected chi connectivity index (χ1v) is 13.2. The molecule has 1 aliphatic rings. The van der Waals surface area contributed by atoms with Gasteiger partial charge in [-0.3, -0.25) is 14.5 Å². The van der Waals surface area contributed by atoms with Crippen LogP contribution in [0.15, 0.2) is 35.1 Å². The molecule has 15 heteroatoms. The van der Waals surface area contributed by atoms with Crippen molar-refractivity contribution >= 4 is 57.4 Å². The zero-order chi connectivity index (χ0) is 31.1. The van der Waals surface area contributed by atoms with Crippen LogP contribution in [0.5, 0.6) is 5.75 Å². The number of carboxylic acid groups (broad SMARTS) is 1. The Labute approximate surface area is 244 Å². The third-order valence-corrected chi connectivity index (χ3v) is 7.95. The van der Waals surface area contributed by atoms with Gasteiger partial charge in [0, 0.05) is 5.41 Å². The Morgan fingerprint density at radius 2 is 1.51 bits per heavy atom. The summed E-state index contributed by atoms with van der Waals surface area (Å²) in [4.78, 5) is 37.7. The molecule has 3 rings (SSSR count). The van der Waals surface area contributed by atoms with Gasteiger partial charge in [0.25, 0.3) is 0 Å². The number of ether oxygens (including phenoxy) is 1. The lowest BCUT2D eigenvalue weighted by Crippen LogP contribution is -2.62. The number of alkyl halides is 1. The quantitative estimate of drug-likeness (QED) is 0.0374. The fourth-order valence-electron chi connectivity index (χ4n) is 3.52. The zero-order valence-electron chi connectivity index (χ0n) is 21.6. The van der Waals surface area contributed by atoms with Crippen molar-refractivity contribution in [2.45, 2.75) is 39.3 Å². The van der Waals surface area contributed by atoms with Gasteiger partial charge < -0.3 is 14.9 Å². The van der Waals surface area contributed by atoms with Gasteiger partial charge in [-0.25, -0.2) is 26.7 Å². The second kappa shape index (κ2) is 12.0. The summed E-state index contributed by atoms with van der Waals surface area (Å²) in [6, 6.07) is 4.47. The first-order valence-electron chi connectivity index (χ1n) is 11.6. The van der Waals surface area contributed by atoms with Crippen LogP contribution in [-0.4, -0.2) is 48.6 Å². The van der Waals surface area contributed by atoms with Gasteiger partial charge in [-0.1, -0.05) is 44.6 Å². The molecule has 0 aromatic heterocycles. The number of aliphatic carboxylic acids is 1. The second-order valence-corrected chi connectivity index (χ2v) is 11.6. The fourth-order valence-corrected chi connectivity index (χ4v) is 5.24. The summed E-state index contributed by atoms with van der Waals surface area (Å²) >= 11 is 11.5. The molecule has 0 aliphatic carbocycles. The van der Waals surface area contributed by atoms with Crippen molar-refractivity contribution in [3.63, 3.8) is 0 Å². The number of aliphatic hydroxyl groups excluding tert-OH is 1. The minimum absolute atomic E-state index is 0.150. The first-order chi connectivity index (χ1) is 18.9. The maximum Gasteiger partial charge on any atom is 0.357 e. The number of halogens is 6. The molecule has 2 aromatic carbocycles. The third kappa shape index (κ3) is 6.25. The summed E-state index contributed by atoms with van der Waals surface area (Å²) in [6.45, 7) is 5.96. The van der Waals surface area contributed by atoms with Gasteiger partial charge >= 0.3 is 5.97 Å². The van der Waals surface area contributed by atoms with Crippen LogP contribution >= 0.6 is 35.6 Å². The van der Waals surface area contributed by atoms with Crippen molar-refractivity contribution < 1.29 is 51.3 Å². The number of benzene rings is 2. The molecule has 1 fully saturated rings. The average molecular weight is 638 g/mol. The van der Waals surface area contributed by atoms with Crippen LogP contribution in [-0.2, 0) is 14.4 Å². The Morgan fingerprint density at radius 1 is 1.02 bits per heavy atom. The topological polar surface area (TPSA) is 104 Å². The molecule has 0 saturated carbocycles. The van der Waals surface area contributed by atoms with Crippen LogP contribution in [0.4, 0.5) is 22.0 Å². The number of aliphatic hydroxyl groups is 1. The fraction of sp³-hybridized carbons (Fsp3) is 0.308. The van der Waals surface area contributed by atoms with Gasteiger partial charge in [0.2, 0.25) is 16.8 Å². The molecule has 0 radical (unpaired) electrons. The number of amides is 1. The van der Waals surface area contributed by atoms with Gasteiger partial charge in [0.05, 0.1) is 22.4 Å². The van der Waals surface area contributed by atoms with E-state index in [9.17, 15) is 46.5 Å². The molecular weight excluding hydrogens is 617 g/mol. The molecule has 0 unspecified atom stereocenters. The van der Waals surface area contributed by atoms with Crippen molar-refractivity contribution in [2.24, 2.45) is 11.3 Å². The highest BCUT2D eigenvalue weighted by Gasteiger charge is 2.53. The summed E-state index contributed by atoms with van der Waals surface area (Å²) in [5, 5.41) is 18.6. The van der Waals surface area contributed by atoms with Gasteiger partial charge in [-0.05, 0) is 48.5 Å². The smallest absolute Gasteiger partial charge is 0.357 e. The first kappa shape index (κ1) is 32.4. The number of carbonyl (C=O) groups is 3. The van der Waals surface area contributed by atoms with E-state index in [1.807, 2.05) is 0 Å². The number of carboxylic acids is 1. The summed E-state index contributed by atoms with van der Waals surface area (Å²) < 4.78 is 74.9. The molecule has 0 spiro atoms. The normalized spacial score (nSPS) is 18.4. The molecule has 1 heterocycles. The van der Waals surface area contributed by atoms with E-state index in [1.165, 1.54) is 6.92 Å². The summed E-state index contributed by atoms with van der Waals surface area (Å²) in [7, 11) is 0. The second-order valence-electron chi connectivity index (χ2n) is 9.83. The monoisotopic (exact) mass is 637 g/mol. The van der Waals surface area contributed by atoms with Crippen molar-refractivity contribution in [3.8, 4) is 5.75 Å². The van der Waals surface area contributed by atoms with Crippen LogP contribution in [0.1, 0.15) is 38.8 Å². The average Bonchev–Trinajstić information content (AvgIpc) is 2.88. The number of thioether (sulfide) groups is 1. The number of hydrogen-bond acceptors (Lipinski definition) is 7. The van der Waals surface area contributed by atoms with Gasteiger partial charge in [-0.2, -0.15) is 0 Å². The summed E-state index contributed by atoms with van der Waals surface area (Å²) in [6.07, 6.45) is -1.20. The number of thiocarbonyl (C=S) groups is 1. The van der Waals surface area contributed by atoms with Crippen molar-refractivity contribution in [1.29, 1.82) is 0 Å². The molecule has 0 bridgehead atoms. The standard InChI is InChI=1S/C26H21ClF5NO6S2/c1-9(34)12-21(27)33(22(12)35)19(23(36)37)24(41-25(38)26(2,3)4)39-11-7-5-10(6-8-11)20(40)13-14(28)16(30)18(32)17(31)15(13)29/h5-9,12,21,34H,1-4H3,(H,36,37)/t9-,12-,21-/m1/s1. The lowest BCUT2D eigenvalue weighted by molar-refractivity contribution is -0.158. The van der Waals surface area contributed by atoms with E-state index in [1.54, 1.807) is 20.8 Å². The maximum atomic E-state index is 14.2. The molecule has 7 nitrogen and oxygen atoms in total. The summed E-state index contributed by atoms with van der Waals surface area (Å²) in [5.74, 6) is -14.7. The van der Waals surface area contributed by atoms with Gasteiger partial charge in [0.1, 0.15) is 11.3 Å². The van der Waals surface area contributed by atoms with E-state index in [-0.39, 0.29) is 11.3 Å². The molecule has 3 atom stereocenters. The lowest BCUT2D eigenvalue weighted by Gasteiger charge is -2.44. The van der Waals surface area contributed by atoms with E-state index in [0.717, 1.165) is 24.3 Å². The number of rotatable bonds is 8. The van der Waals surface area contributed by atoms with E-state index in [4.69, 9.17) is 28.6 Å². The highest BCUT2D eigenvalue weighted by atomic mass is 35.5. The number of likely N-dealkylation sites (tertiary alicyclic amines) is 1. The Bertz CT molecular complexity index is 1450.